The summed E-state index contributed by atoms with van der Waals surface area (Å²) in [6.45, 7) is 7.09. The molecule has 1 aromatic carbocycles. The van der Waals surface area contributed by atoms with E-state index >= 15 is 0 Å². The SMILES string of the molecule is Cc1cccc(CNCCCN2CCCC2)c1F. The lowest BCUT2D eigenvalue weighted by molar-refractivity contribution is 0.331. The van der Waals surface area contributed by atoms with Crippen molar-refractivity contribution >= 4 is 0 Å². The maximum absolute atomic E-state index is 13.7. The van der Waals surface area contributed by atoms with Crippen molar-refractivity contribution in [2.75, 3.05) is 26.2 Å². The Morgan fingerprint density at radius 3 is 2.83 bits per heavy atom. The minimum Gasteiger partial charge on any atom is -0.313 e. The first-order valence-electron chi connectivity index (χ1n) is 6.94. The molecule has 1 heterocycles. The number of nitrogens with one attached hydrogen (secondary N) is 1. The molecule has 1 fully saturated rings. The lowest BCUT2D eigenvalue weighted by Crippen LogP contribution is -2.24. The zero-order chi connectivity index (χ0) is 12.8. The van der Waals surface area contributed by atoms with E-state index < -0.39 is 0 Å². The van der Waals surface area contributed by atoms with Crippen LogP contribution in [-0.4, -0.2) is 31.1 Å². The quantitative estimate of drug-likeness (QED) is 0.781. The van der Waals surface area contributed by atoms with Crippen LogP contribution in [0.25, 0.3) is 0 Å². The van der Waals surface area contributed by atoms with Crippen LogP contribution in [0.4, 0.5) is 4.39 Å². The average Bonchev–Trinajstić information content (AvgIpc) is 2.87. The van der Waals surface area contributed by atoms with Crippen molar-refractivity contribution in [1.29, 1.82) is 0 Å². The zero-order valence-corrected chi connectivity index (χ0v) is 11.2. The van der Waals surface area contributed by atoms with Crippen LogP contribution in [0.3, 0.4) is 0 Å². The van der Waals surface area contributed by atoms with Crippen molar-refractivity contribution in [2.45, 2.75) is 32.7 Å². The highest BCUT2D eigenvalue weighted by Gasteiger charge is 2.10. The zero-order valence-electron chi connectivity index (χ0n) is 11.2. The predicted octanol–water partition coefficient (Wildman–Crippen LogP) is 2.71. The molecule has 100 valence electrons. The van der Waals surface area contributed by atoms with Crippen molar-refractivity contribution < 1.29 is 4.39 Å². The Bertz CT molecular complexity index is 373. The van der Waals surface area contributed by atoms with Crippen molar-refractivity contribution in [3.8, 4) is 0 Å². The Labute approximate surface area is 109 Å². The molecule has 0 spiro atoms. The first-order chi connectivity index (χ1) is 8.77. The van der Waals surface area contributed by atoms with Crippen LogP contribution in [0.15, 0.2) is 18.2 Å². The molecule has 3 heteroatoms. The van der Waals surface area contributed by atoms with Gasteiger partial charge in [0.2, 0.25) is 0 Å². The van der Waals surface area contributed by atoms with E-state index in [1.54, 1.807) is 0 Å². The number of hydrogen-bond donors (Lipinski definition) is 1. The molecular formula is C15H23FN2. The molecule has 1 aliphatic heterocycles. The lowest BCUT2D eigenvalue weighted by Gasteiger charge is -2.14. The molecule has 1 aliphatic rings. The van der Waals surface area contributed by atoms with E-state index in [4.69, 9.17) is 0 Å². The highest BCUT2D eigenvalue weighted by atomic mass is 19.1. The van der Waals surface area contributed by atoms with Gasteiger partial charge < -0.3 is 10.2 Å². The Hall–Kier alpha value is -0.930. The second kappa shape index (κ2) is 6.86. The van der Waals surface area contributed by atoms with Crippen molar-refractivity contribution in [2.24, 2.45) is 0 Å². The maximum Gasteiger partial charge on any atom is 0.130 e. The van der Waals surface area contributed by atoms with Crippen LogP contribution in [-0.2, 0) is 6.54 Å². The molecule has 18 heavy (non-hydrogen) atoms. The summed E-state index contributed by atoms with van der Waals surface area (Å²) in [5.74, 6) is -0.0652. The molecule has 0 aromatic heterocycles. The second-order valence-corrected chi connectivity index (χ2v) is 5.13. The van der Waals surface area contributed by atoms with Crippen LogP contribution in [0.1, 0.15) is 30.4 Å². The van der Waals surface area contributed by atoms with Crippen LogP contribution in [0.2, 0.25) is 0 Å². The van der Waals surface area contributed by atoms with Gasteiger partial charge in [-0.05, 0) is 57.9 Å². The third-order valence-electron chi connectivity index (χ3n) is 3.61. The van der Waals surface area contributed by atoms with Gasteiger partial charge in [0.25, 0.3) is 0 Å². The molecule has 1 saturated heterocycles. The highest BCUT2D eigenvalue weighted by molar-refractivity contribution is 5.24. The normalized spacial score (nSPS) is 16.3. The van der Waals surface area contributed by atoms with Gasteiger partial charge in [0.15, 0.2) is 0 Å². The topological polar surface area (TPSA) is 15.3 Å². The van der Waals surface area contributed by atoms with Gasteiger partial charge in [-0.2, -0.15) is 0 Å². The summed E-state index contributed by atoms with van der Waals surface area (Å²) in [5.41, 5.74) is 1.50. The van der Waals surface area contributed by atoms with Gasteiger partial charge in [-0.1, -0.05) is 18.2 Å². The van der Waals surface area contributed by atoms with Gasteiger partial charge in [0.05, 0.1) is 0 Å². The molecule has 0 atom stereocenters. The molecule has 0 saturated carbocycles. The Morgan fingerprint density at radius 1 is 1.28 bits per heavy atom. The summed E-state index contributed by atoms with van der Waals surface area (Å²) < 4.78 is 13.7. The molecule has 0 bridgehead atoms. The molecule has 0 amide bonds. The maximum atomic E-state index is 13.7. The molecule has 2 rings (SSSR count). The van der Waals surface area contributed by atoms with E-state index in [0.29, 0.717) is 6.54 Å². The number of benzene rings is 1. The van der Waals surface area contributed by atoms with E-state index in [-0.39, 0.29) is 5.82 Å². The number of aryl methyl sites for hydroxylation is 1. The van der Waals surface area contributed by atoms with E-state index in [1.165, 1.54) is 32.5 Å². The molecule has 2 nitrogen and oxygen atoms in total. The number of nitrogens with zero attached hydrogens (tertiary/aromatic N) is 1. The standard InChI is InChI=1S/C15H23FN2/c1-13-6-4-7-14(15(13)16)12-17-8-5-11-18-9-2-3-10-18/h4,6-7,17H,2-3,5,8-12H2,1H3. The summed E-state index contributed by atoms with van der Waals surface area (Å²) >= 11 is 0. The Kier molecular flexibility index (Phi) is 5.14. The molecule has 1 aromatic rings. The van der Waals surface area contributed by atoms with Crippen molar-refractivity contribution in [1.82, 2.24) is 10.2 Å². The fourth-order valence-electron chi connectivity index (χ4n) is 2.50. The average molecular weight is 250 g/mol. The molecule has 0 unspecified atom stereocenters. The van der Waals surface area contributed by atoms with Crippen molar-refractivity contribution in [3.05, 3.63) is 35.1 Å². The Morgan fingerprint density at radius 2 is 2.06 bits per heavy atom. The number of rotatable bonds is 6. The van der Waals surface area contributed by atoms with E-state index in [0.717, 1.165) is 24.1 Å². The van der Waals surface area contributed by atoms with E-state index in [2.05, 4.69) is 10.2 Å². The fourth-order valence-corrected chi connectivity index (χ4v) is 2.50. The summed E-state index contributed by atoms with van der Waals surface area (Å²) in [7, 11) is 0. The third kappa shape index (κ3) is 3.79. The van der Waals surface area contributed by atoms with Crippen LogP contribution < -0.4 is 5.32 Å². The third-order valence-corrected chi connectivity index (χ3v) is 3.61. The minimum atomic E-state index is -0.0652. The van der Waals surface area contributed by atoms with Crippen LogP contribution >= 0.6 is 0 Å². The van der Waals surface area contributed by atoms with Crippen molar-refractivity contribution in [3.63, 3.8) is 0 Å². The van der Waals surface area contributed by atoms with Crippen LogP contribution in [0, 0.1) is 12.7 Å². The number of halogens is 1. The first-order valence-corrected chi connectivity index (χ1v) is 6.94. The predicted molar refractivity (Wildman–Crippen MR) is 73.1 cm³/mol. The van der Waals surface area contributed by atoms with E-state index in [9.17, 15) is 4.39 Å². The largest absolute Gasteiger partial charge is 0.313 e. The van der Waals surface area contributed by atoms with Gasteiger partial charge in [-0.25, -0.2) is 4.39 Å². The summed E-state index contributed by atoms with van der Waals surface area (Å²) in [6, 6.07) is 5.58. The second-order valence-electron chi connectivity index (χ2n) is 5.13. The number of hydrogen-bond acceptors (Lipinski definition) is 2. The van der Waals surface area contributed by atoms with Gasteiger partial charge in [-0.15, -0.1) is 0 Å². The summed E-state index contributed by atoms with van der Waals surface area (Å²) in [6.07, 6.45) is 3.84. The van der Waals surface area contributed by atoms with Crippen LogP contribution in [0.5, 0.6) is 0 Å². The molecular weight excluding hydrogens is 227 g/mol. The lowest BCUT2D eigenvalue weighted by atomic mass is 10.1. The number of likely N-dealkylation sites (tertiary alicyclic amines) is 1. The molecule has 0 aliphatic carbocycles. The van der Waals surface area contributed by atoms with Gasteiger partial charge in [0, 0.05) is 12.1 Å². The summed E-state index contributed by atoms with van der Waals surface area (Å²) in [4.78, 5) is 2.51. The fraction of sp³-hybridized carbons (Fsp3) is 0.600. The monoisotopic (exact) mass is 250 g/mol. The molecule has 1 N–H and O–H groups in total. The van der Waals surface area contributed by atoms with E-state index in [1.807, 2.05) is 25.1 Å². The molecule has 0 radical (unpaired) electrons. The smallest absolute Gasteiger partial charge is 0.130 e. The minimum absolute atomic E-state index is 0.0652. The van der Waals surface area contributed by atoms with Gasteiger partial charge in [-0.3, -0.25) is 0 Å². The Balaban J connectivity index is 1.64. The first kappa shape index (κ1) is 13.5. The van der Waals surface area contributed by atoms with Gasteiger partial charge in [0.1, 0.15) is 5.82 Å². The van der Waals surface area contributed by atoms with Gasteiger partial charge >= 0.3 is 0 Å². The summed E-state index contributed by atoms with van der Waals surface area (Å²) in [5, 5.41) is 3.33. The highest BCUT2D eigenvalue weighted by Crippen LogP contribution is 2.11.